The summed E-state index contributed by atoms with van der Waals surface area (Å²) in [7, 11) is 0. The molecule has 2 aromatic heterocycles. The number of carbonyl (C=O) groups is 2. The van der Waals surface area contributed by atoms with Crippen LogP contribution in [-0.4, -0.2) is 33.0 Å². The van der Waals surface area contributed by atoms with Crippen LogP contribution in [-0.2, 0) is 11.3 Å². The van der Waals surface area contributed by atoms with E-state index in [2.05, 4.69) is 20.2 Å². The summed E-state index contributed by atoms with van der Waals surface area (Å²) in [5, 5.41) is 12.4. The molecule has 0 fully saturated rings. The van der Waals surface area contributed by atoms with E-state index in [1.54, 1.807) is 30.6 Å². The minimum absolute atomic E-state index is 0.0461. The van der Waals surface area contributed by atoms with Crippen LogP contribution >= 0.6 is 23.2 Å². The van der Waals surface area contributed by atoms with Gasteiger partial charge >= 0.3 is 5.97 Å². The first kappa shape index (κ1) is 26.9. The highest BCUT2D eigenvalue weighted by molar-refractivity contribution is 6.39. The number of hydrogen-bond acceptors (Lipinski definition) is 5. The predicted molar refractivity (Wildman–Crippen MR) is 150 cm³/mol. The molecule has 0 aliphatic rings. The van der Waals surface area contributed by atoms with E-state index in [4.69, 9.17) is 23.2 Å². The molecule has 0 bridgehead atoms. The predicted octanol–water partition coefficient (Wildman–Crippen LogP) is 6.41. The van der Waals surface area contributed by atoms with Gasteiger partial charge in [-0.15, -0.1) is 0 Å². The Bertz CT molecular complexity index is 1390. The number of nitrogens with one attached hydrogen (secondary N) is 1. The number of carbonyl (C=O) groups excluding carboxylic acids is 1. The zero-order valence-electron chi connectivity index (χ0n) is 20.2. The third-order valence-corrected chi connectivity index (χ3v) is 6.28. The summed E-state index contributed by atoms with van der Waals surface area (Å²) in [6.07, 6.45) is 7.08. The second-order valence-electron chi connectivity index (χ2n) is 8.29. The Balaban J connectivity index is 1.45. The number of halogens is 2. The summed E-state index contributed by atoms with van der Waals surface area (Å²) in [5.74, 6) is -1.02. The van der Waals surface area contributed by atoms with Gasteiger partial charge in [0.15, 0.2) is 0 Å². The van der Waals surface area contributed by atoms with Crippen LogP contribution in [0.3, 0.4) is 0 Å². The molecule has 2 N–H and O–H groups in total. The summed E-state index contributed by atoms with van der Waals surface area (Å²) in [6.45, 7) is 0.544. The van der Waals surface area contributed by atoms with Crippen molar-refractivity contribution >= 4 is 52.7 Å². The second kappa shape index (κ2) is 12.9. The Morgan fingerprint density at radius 3 is 2.18 bits per heavy atom. The Morgan fingerprint density at radius 2 is 1.58 bits per heavy atom. The van der Waals surface area contributed by atoms with Gasteiger partial charge in [0, 0.05) is 18.1 Å². The molecule has 2 aromatic carbocycles. The average Bonchev–Trinajstić information content (AvgIpc) is 2.92. The average molecular weight is 547 g/mol. The van der Waals surface area contributed by atoms with Gasteiger partial charge in [-0.1, -0.05) is 65.7 Å². The molecule has 38 heavy (non-hydrogen) atoms. The summed E-state index contributed by atoms with van der Waals surface area (Å²) in [5.41, 5.74) is 2.75. The molecule has 192 valence electrons. The highest BCUT2D eigenvalue weighted by Crippen LogP contribution is 2.26. The van der Waals surface area contributed by atoms with Gasteiger partial charge in [-0.3, -0.25) is 9.78 Å². The van der Waals surface area contributed by atoms with Gasteiger partial charge in [-0.2, -0.15) is 0 Å². The van der Waals surface area contributed by atoms with Crippen molar-refractivity contribution < 1.29 is 14.7 Å². The monoisotopic (exact) mass is 546 g/mol. The molecule has 4 aromatic rings. The van der Waals surface area contributed by atoms with Crippen LogP contribution < -0.4 is 10.2 Å². The van der Waals surface area contributed by atoms with E-state index < -0.39 is 17.9 Å². The standard InChI is InChI=1S/C29H24Cl2N4O3/c30-23-9-6-10-24(31)27(23)28(36)34-25(29(37)38)11-5-7-20-13-15-22(16-14-20)35(26-12-2-4-18-33-26)19-21-8-1-3-17-32-21/h1-10,12-18,25H,11,19H2,(H,34,36)(H,37,38)/b7-5+. The minimum Gasteiger partial charge on any atom is -0.480 e. The van der Waals surface area contributed by atoms with Gasteiger partial charge in [0.2, 0.25) is 0 Å². The molecule has 0 aliphatic heterocycles. The zero-order chi connectivity index (χ0) is 26.9. The molecule has 7 nitrogen and oxygen atoms in total. The summed E-state index contributed by atoms with van der Waals surface area (Å²) in [4.78, 5) is 35.3. The van der Waals surface area contributed by atoms with Gasteiger partial charge in [0.25, 0.3) is 5.91 Å². The van der Waals surface area contributed by atoms with E-state index in [1.807, 2.05) is 60.7 Å². The lowest BCUT2D eigenvalue weighted by Gasteiger charge is -2.23. The molecule has 0 radical (unpaired) electrons. The molecular formula is C29H24Cl2N4O3. The number of rotatable bonds is 10. The first-order chi connectivity index (χ1) is 18.4. The van der Waals surface area contributed by atoms with Crippen LogP contribution in [0.2, 0.25) is 10.0 Å². The Hall–Kier alpha value is -4.20. The zero-order valence-corrected chi connectivity index (χ0v) is 21.7. The number of benzene rings is 2. The highest BCUT2D eigenvalue weighted by Gasteiger charge is 2.22. The van der Waals surface area contributed by atoms with Crippen molar-refractivity contribution in [1.82, 2.24) is 15.3 Å². The highest BCUT2D eigenvalue weighted by atomic mass is 35.5. The fourth-order valence-corrected chi connectivity index (χ4v) is 4.31. The van der Waals surface area contributed by atoms with E-state index in [0.717, 1.165) is 22.8 Å². The smallest absolute Gasteiger partial charge is 0.326 e. The summed E-state index contributed by atoms with van der Waals surface area (Å²) < 4.78 is 0. The van der Waals surface area contributed by atoms with E-state index in [-0.39, 0.29) is 22.0 Å². The number of carboxylic acid groups (broad SMARTS) is 1. The molecule has 0 saturated heterocycles. The lowest BCUT2D eigenvalue weighted by atomic mass is 10.1. The third-order valence-electron chi connectivity index (χ3n) is 5.65. The second-order valence-corrected chi connectivity index (χ2v) is 9.10. The van der Waals surface area contributed by atoms with Crippen molar-refractivity contribution in [3.05, 3.63) is 124 Å². The summed E-state index contributed by atoms with van der Waals surface area (Å²) >= 11 is 12.1. The number of aromatic nitrogens is 2. The first-order valence-electron chi connectivity index (χ1n) is 11.7. The van der Waals surface area contributed by atoms with Gasteiger partial charge in [-0.25, -0.2) is 9.78 Å². The van der Waals surface area contributed by atoms with Crippen molar-refractivity contribution in [3.63, 3.8) is 0 Å². The molecule has 0 aliphatic carbocycles. The maximum atomic E-state index is 12.6. The largest absolute Gasteiger partial charge is 0.480 e. The topological polar surface area (TPSA) is 95.4 Å². The fraction of sp³-hybridized carbons (Fsp3) is 0.103. The number of pyridine rings is 2. The molecule has 4 rings (SSSR count). The van der Waals surface area contributed by atoms with Crippen LogP contribution in [0.5, 0.6) is 0 Å². The lowest BCUT2D eigenvalue weighted by Crippen LogP contribution is -2.40. The van der Waals surface area contributed by atoms with E-state index in [0.29, 0.717) is 6.54 Å². The Labute approximate surface area is 230 Å². The van der Waals surface area contributed by atoms with Crippen molar-refractivity contribution in [3.8, 4) is 0 Å². The quantitative estimate of drug-likeness (QED) is 0.238. The van der Waals surface area contributed by atoms with Gasteiger partial charge < -0.3 is 15.3 Å². The molecule has 0 spiro atoms. The van der Waals surface area contributed by atoms with Crippen LogP contribution in [0.15, 0.2) is 97.3 Å². The Morgan fingerprint density at radius 1 is 0.895 bits per heavy atom. The number of amides is 1. The molecule has 0 saturated carbocycles. The van der Waals surface area contributed by atoms with Gasteiger partial charge in [0.05, 0.1) is 27.8 Å². The number of anilines is 2. The molecule has 1 amide bonds. The molecule has 1 atom stereocenters. The maximum absolute atomic E-state index is 12.6. The first-order valence-corrected chi connectivity index (χ1v) is 12.5. The number of carboxylic acids is 1. The third kappa shape index (κ3) is 6.97. The van der Waals surface area contributed by atoms with E-state index in [1.165, 1.54) is 12.1 Å². The van der Waals surface area contributed by atoms with Crippen LogP contribution in [0.1, 0.15) is 28.0 Å². The molecule has 9 heteroatoms. The van der Waals surface area contributed by atoms with Crippen LogP contribution in [0.25, 0.3) is 6.08 Å². The SMILES string of the molecule is O=C(NC(C/C=C/c1ccc(N(Cc2ccccn2)c2ccccn2)cc1)C(=O)O)c1c(Cl)cccc1Cl. The van der Waals surface area contributed by atoms with Crippen molar-refractivity contribution in [2.24, 2.45) is 0 Å². The molecular weight excluding hydrogens is 523 g/mol. The normalized spacial score (nSPS) is 11.7. The summed E-state index contributed by atoms with van der Waals surface area (Å²) in [6, 6.07) is 22.8. The van der Waals surface area contributed by atoms with Gasteiger partial charge in [-0.05, 0) is 60.5 Å². The van der Waals surface area contributed by atoms with Crippen LogP contribution in [0.4, 0.5) is 11.5 Å². The van der Waals surface area contributed by atoms with Crippen molar-refractivity contribution in [1.29, 1.82) is 0 Å². The number of aliphatic carboxylic acids is 1. The Kier molecular flexibility index (Phi) is 9.08. The van der Waals surface area contributed by atoms with Gasteiger partial charge in [0.1, 0.15) is 11.9 Å². The van der Waals surface area contributed by atoms with Crippen molar-refractivity contribution in [2.75, 3.05) is 4.90 Å². The lowest BCUT2D eigenvalue weighted by molar-refractivity contribution is -0.139. The van der Waals surface area contributed by atoms with E-state index in [9.17, 15) is 14.7 Å². The number of hydrogen-bond donors (Lipinski definition) is 2. The fourth-order valence-electron chi connectivity index (χ4n) is 3.74. The maximum Gasteiger partial charge on any atom is 0.326 e. The molecule has 2 heterocycles. The molecule has 1 unspecified atom stereocenters. The minimum atomic E-state index is -1.16. The van der Waals surface area contributed by atoms with Crippen LogP contribution in [0, 0.1) is 0 Å². The number of nitrogens with zero attached hydrogens (tertiary/aromatic N) is 3. The van der Waals surface area contributed by atoms with E-state index >= 15 is 0 Å². The van der Waals surface area contributed by atoms with Crippen molar-refractivity contribution in [2.45, 2.75) is 19.0 Å².